The molecule has 4 aliphatic rings. The molecule has 2 bridgehead atoms. The number of fused-ring (bicyclic) bond motifs is 2. The third-order valence-corrected chi connectivity index (χ3v) is 10.1. The molecule has 0 unspecified atom stereocenters. The van der Waals surface area contributed by atoms with E-state index in [4.69, 9.17) is 9.47 Å². The lowest BCUT2D eigenvalue weighted by Crippen LogP contribution is -2.51. The van der Waals surface area contributed by atoms with Crippen molar-refractivity contribution in [1.82, 2.24) is 10.6 Å². The normalized spacial score (nSPS) is 32.7. The molecular formula is C30H41FN2O6. The Balaban J connectivity index is 1.28. The Morgan fingerprint density at radius 2 is 1.74 bits per heavy atom. The fourth-order valence-electron chi connectivity index (χ4n) is 7.25. The third kappa shape index (κ3) is 5.46. The molecule has 0 spiro atoms. The van der Waals surface area contributed by atoms with Crippen LogP contribution in [0.5, 0.6) is 11.5 Å². The molecule has 4 saturated carbocycles. The zero-order valence-electron chi connectivity index (χ0n) is 23.2. The van der Waals surface area contributed by atoms with Gasteiger partial charge in [0.1, 0.15) is 5.75 Å². The Hall–Kier alpha value is -2.84. The second kappa shape index (κ2) is 10.6. The zero-order chi connectivity index (χ0) is 27.9. The lowest BCUT2D eigenvalue weighted by Gasteiger charge is -2.39. The van der Waals surface area contributed by atoms with Crippen molar-refractivity contribution in [2.75, 3.05) is 13.7 Å². The van der Waals surface area contributed by atoms with E-state index in [9.17, 15) is 19.5 Å². The van der Waals surface area contributed by atoms with Gasteiger partial charge in [-0.05, 0) is 88.0 Å². The van der Waals surface area contributed by atoms with Crippen LogP contribution in [0.2, 0.25) is 0 Å². The van der Waals surface area contributed by atoms with E-state index in [0.29, 0.717) is 32.2 Å². The summed E-state index contributed by atoms with van der Waals surface area (Å²) < 4.78 is 26.3. The predicted octanol–water partition coefficient (Wildman–Crippen LogP) is 4.70. The van der Waals surface area contributed by atoms with Gasteiger partial charge in [-0.3, -0.25) is 14.4 Å². The van der Waals surface area contributed by atoms with Gasteiger partial charge in [-0.15, -0.1) is 0 Å². The van der Waals surface area contributed by atoms with Gasteiger partial charge in [0.2, 0.25) is 5.91 Å². The molecule has 1 aromatic rings. The van der Waals surface area contributed by atoms with Gasteiger partial charge in [0, 0.05) is 18.7 Å². The number of amides is 2. The van der Waals surface area contributed by atoms with Crippen LogP contribution in [0.25, 0.3) is 0 Å². The number of hydrogen-bond acceptors (Lipinski definition) is 5. The van der Waals surface area contributed by atoms with Gasteiger partial charge in [-0.2, -0.15) is 0 Å². The Bertz CT molecular complexity index is 1130. The highest BCUT2D eigenvalue weighted by atomic mass is 19.1. The van der Waals surface area contributed by atoms with Crippen molar-refractivity contribution in [3.8, 4) is 11.5 Å². The Morgan fingerprint density at radius 3 is 2.36 bits per heavy atom. The van der Waals surface area contributed by atoms with Crippen molar-refractivity contribution >= 4 is 17.8 Å². The summed E-state index contributed by atoms with van der Waals surface area (Å²) in [6.45, 7) is 4.59. The van der Waals surface area contributed by atoms with E-state index >= 15 is 4.39 Å². The Kier molecular flexibility index (Phi) is 7.55. The molecule has 4 aliphatic carbocycles. The van der Waals surface area contributed by atoms with Crippen LogP contribution in [0.15, 0.2) is 12.1 Å². The number of halogens is 1. The van der Waals surface area contributed by atoms with E-state index in [1.807, 2.05) is 0 Å². The van der Waals surface area contributed by atoms with Crippen LogP contribution >= 0.6 is 0 Å². The Morgan fingerprint density at radius 1 is 1.05 bits per heavy atom. The molecule has 8 nitrogen and oxygen atoms in total. The number of methoxy groups -OCH3 is 1. The fourth-order valence-corrected chi connectivity index (χ4v) is 7.25. The number of benzene rings is 1. The van der Waals surface area contributed by atoms with Crippen LogP contribution in [0.1, 0.15) is 88.4 Å². The first-order valence-corrected chi connectivity index (χ1v) is 14.4. The first-order valence-electron chi connectivity index (χ1n) is 14.4. The van der Waals surface area contributed by atoms with Crippen LogP contribution in [0, 0.1) is 34.4 Å². The number of carbonyl (C=O) groups is 3. The van der Waals surface area contributed by atoms with Crippen molar-refractivity contribution in [1.29, 1.82) is 0 Å². The SMILES string of the molecule is COc1c(F)cc(OC2CCC(C)(C(=O)O)CC2)cc1C(=O)N[C@@H]1[C@H]2CC[C@H](C2)[C@@H]1C(=O)NCC1(C)CCC1. The van der Waals surface area contributed by atoms with Crippen molar-refractivity contribution in [3.63, 3.8) is 0 Å². The van der Waals surface area contributed by atoms with Gasteiger partial charge in [0.05, 0.1) is 30.1 Å². The number of carboxylic acid groups (broad SMARTS) is 1. The molecule has 0 radical (unpaired) electrons. The molecule has 1 aromatic carbocycles. The van der Waals surface area contributed by atoms with Gasteiger partial charge in [-0.1, -0.05) is 13.3 Å². The topological polar surface area (TPSA) is 114 Å². The molecule has 0 aromatic heterocycles. The number of ether oxygens (including phenoxy) is 2. The van der Waals surface area contributed by atoms with E-state index in [-0.39, 0.29) is 58.3 Å². The quantitative estimate of drug-likeness (QED) is 0.415. The van der Waals surface area contributed by atoms with Gasteiger partial charge in [-0.25, -0.2) is 4.39 Å². The van der Waals surface area contributed by atoms with Crippen LogP contribution in [0.3, 0.4) is 0 Å². The third-order valence-electron chi connectivity index (χ3n) is 10.1. The number of aliphatic carboxylic acids is 1. The molecule has 4 atom stereocenters. The van der Waals surface area contributed by atoms with Crippen LogP contribution in [-0.4, -0.2) is 48.7 Å². The minimum absolute atomic E-state index is 0.00140. The summed E-state index contributed by atoms with van der Waals surface area (Å²) in [7, 11) is 1.32. The fraction of sp³-hybridized carbons (Fsp3) is 0.700. The molecule has 9 heteroatoms. The predicted molar refractivity (Wildman–Crippen MR) is 142 cm³/mol. The summed E-state index contributed by atoms with van der Waals surface area (Å²) in [6.07, 6.45) is 8.00. The molecule has 2 amide bonds. The van der Waals surface area contributed by atoms with Crippen molar-refractivity contribution in [2.45, 2.75) is 90.2 Å². The number of rotatable bonds is 9. The number of hydrogen-bond donors (Lipinski definition) is 3. The van der Waals surface area contributed by atoms with E-state index in [0.717, 1.165) is 32.1 Å². The van der Waals surface area contributed by atoms with E-state index in [2.05, 4.69) is 17.6 Å². The molecule has 0 heterocycles. The lowest BCUT2D eigenvalue weighted by molar-refractivity contribution is -0.150. The van der Waals surface area contributed by atoms with Gasteiger partial charge < -0.3 is 25.2 Å². The van der Waals surface area contributed by atoms with E-state index in [1.54, 1.807) is 6.92 Å². The second-order valence-corrected chi connectivity index (χ2v) is 12.9. The second-order valence-electron chi connectivity index (χ2n) is 12.9. The maximum atomic E-state index is 15.0. The smallest absolute Gasteiger partial charge is 0.309 e. The van der Waals surface area contributed by atoms with Gasteiger partial charge in [0.25, 0.3) is 5.91 Å². The molecule has 5 rings (SSSR count). The van der Waals surface area contributed by atoms with Crippen LogP contribution in [-0.2, 0) is 9.59 Å². The summed E-state index contributed by atoms with van der Waals surface area (Å²) in [4.78, 5) is 38.4. The summed E-state index contributed by atoms with van der Waals surface area (Å²) in [6, 6.07) is 2.38. The highest BCUT2D eigenvalue weighted by Crippen LogP contribution is 2.49. The van der Waals surface area contributed by atoms with Crippen LogP contribution in [0.4, 0.5) is 4.39 Å². The number of carbonyl (C=O) groups excluding carboxylic acids is 2. The molecule has 0 aliphatic heterocycles. The minimum Gasteiger partial charge on any atom is -0.493 e. The zero-order valence-corrected chi connectivity index (χ0v) is 23.2. The molecule has 39 heavy (non-hydrogen) atoms. The highest BCUT2D eigenvalue weighted by Gasteiger charge is 2.52. The van der Waals surface area contributed by atoms with Gasteiger partial charge >= 0.3 is 5.97 Å². The number of carboxylic acids is 1. The van der Waals surface area contributed by atoms with Crippen molar-refractivity contribution in [2.24, 2.45) is 28.6 Å². The summed E-state index contributed by atoms with van der Waals surface area (Å²) in [5.41, 5.74) is -0.584. The van der Waals surface area contributed by atoms with Gasteiger partial charge in [0.15, 0.2) is 11.6 Å². The molecule has 3 N–H and O–H groups in total. The lowest BCUT2D eigenvalue weighted by atomic mass is 9.70. The molecular weight excluding hydrogens is 503 g/mol. The van der Waals surface area contributed by atoms with Crippen molar-refractivity contribution < 1.29 is 33.4 Å². The summed E-state index contributed by atoms with van der Waals surface area (Å²) >= 11 is 0. The maximum absolute atomic E-state index is 15.0. The van der Waals surface area contributed by atoms with Crippen LogP contribution < -0.4 is 20.1 Å². The first-order chi connectivity index (χ1) is 18.5. The van der Waals surface area contributed by atoms with E-state index < -0.39 is 23.1 Å². The largest absolute Gasteiger partial charge is 0.493 e. The average molecular weight is 545 g/mol. The summed E-state index contributed by atoms with van der Waals surface area (Å²) in [5, 5.41) is 15.7. The Labute approximate surface area is 229 Å². The minimum atomic E-state index is -0.819. The monoisotopic (exact) mass is 544 g/mol. The standard InChI is InChI=1S/C30H41FN2O6/c1-29(9-4-10-29)16-32-27(35)23-17-5-6-18(13-17)24(23)33-26(34)21-14-20(15-22(31)25(21)38-3)39-19-7-11-30(2,12-8-19)28(36)37/h14-15,17-19,23-24H,4-13,16H2,1-3H3,(H,32,35)(H,33,34)(H,36,37)/t17-,18+,19?,23+,24-,30?/m1/s1. The average Bonchev–Trinajstić information content (AvgIpc) is 3.49. The molecule has 4 fully saturated rings. The first kappa shape index (κ1) is 27.7. The van der Waals surface area contributed by atoms with Crippen molar-refractivity contribution in [3.05, 3.63) is 23.5 Å². The number of nitrogens with one attached hydrogen (secondary N) is 2. The maximum Gasteiger partial charge on any atom is 0.309 e. The molecule has 214 valence electrons. The highest BCUT2D eigenvalue weighted by molar-refractivity contribution is 5.98. The van der Waals surface area contributed by atoms with E-state index in [1.165, 1.54) is 25.7 Å². The molecule has 0 saturated heterocycles. The summed E-state index contributed by atoms with van der Waals surface area (Å²) in [5.74, 6) is -1.80.